The van der Waals surface area contributed by atoms with Crippen LogP contribution < -0.4 is 9.62 Å². The summed E-state index contributed by atoms with van der Waals surface area (Å²) < 4.78 is 29.3. The zero-order valence-electron chi connectivity index (χ0n) is 25.8. The molecule has 0 bridgehead atoms. The van der Waals surface area contributed by atoms with E-state index in [1.807, 2.05) is 51.1 Å². The number of rotatable bonds is 13. The van der Waals surface area contributed by atoms with Crippen LogP contribution in [0, 0.1) is 6.92 Å². The van der Waals surface area contributed by atoms with Gasteiger partial charge in [-0.2, -0.15) is 0 Å². The van der Waals surface area contributed by atoms with Crippen LogP contribution in [0.2, 0.25) is 15.1 Å². The highest BCUT2D eigenvalue weighted by Gasteiger charge is 2.35. The van der Waals surface area contributed by atoms with E-state index in [4.69, 9.17) is 34.8 Å². The minimum Gasteiger partial charge on any atom is -0.352 e. The third-order valence-electron chi connectivity index (χ3n) is 7.61. The molecule has 46 heavy (non-hydrogen) atoms. The Morgan fingerprint density at radius 3 is 2.15 bits per heavy atom. The lowest BCUT2D eigenvalue weighted by molar-refractivity contribution is -0.140. The maximum atomic E-state index is 14.6. The minimum atomic E-state index is -4.25. The van der Waals surface area contributed by atoms with Gasteiger partial charge in [0.05, 0.1) is 10.6 Å². The summed E-state index contributed by atoms with van der Waals surface area (Å²) in [6.07, 6.45) is 0.861. The van der Waals surface area contributed by atoms with Gasteiger partial charge in [0.1, 0.15) is 12.6 Å². The van der Waals surface area contributed by atoms with Crippen molar-refractivity contribution in [1.82, 2.24) is 10.2 Å². The number of hydrogen-bond donors (Lipinski definition) is 1. The summed E-state index contributed by atoms with van der Waals surface area (Å²) in [6, 6.07) is 25.7. The molecule has 0 aliphatic rings. The third-order valence-corrected chi connectivity index (χ3v) is 10.2. The molecule has 0 unspecified atom stereocenters. The first-order valence-corrected chi connectivity index (χ1v) is 17.4. The van der Waals surface area contributed by atoms with Crippen LogP contribution in [0.3, 0.4) is 0 Å². The number of nitrogens with zero attached hydrogens (tertiary/aromatic N) is 2. The summed E-state index contributed by atoms with van der Waals surface area (Å²) in [6.45, 7) is 5.00. The Labute approximate surface area is 286 Å². The number of benzene rings is 4. The first-order valence-electron chi connectivity index (χ1n) is 14.8. The number of anilines is 1. The van der Waals surface area contributed by atoms with Crippen LogP contribution in [-0.2, 0) is 32.6 Å². The predicted octanol–water partition coefficient (Wildman–Crippen LogP) is 7.71. The normalized spacial score (nSPS) is 12.7. The number of carbonyl (C=O) groups excluding carboxylic acids is 2. The molecule has 4 aromatic rings. The van der Waals surface area contributed by atoms with E-state index in [1.165, 1.54) is 23.1 Å². The molecule has 0 aromatic heterocycles. The highest BCUT2D eigenvalue weighted by atomic mass is 35.5. The van der Waals surface area contributed by atoms with Gasteiger partial charge in [0.15, 0.2) is 0 Å². The highest BCUT2D eigenvalue weighted by molar-refractivity contribution is 7.92. The first-order chi connectivity index (χ1) is 21.9. The smallest absolute Gasteiger partial charge is 0.264 e. The average molecular weight is 701 g/mol. The van der Waals surface area contributed by atoms with E-state index in [0.717, 1.165) is 15.4 Å². The lowest BCUT2D eigenvalue weighted by Crippen LogP contribution is -2.54. The number of aryl methyl sites for hydroxylation is 1. The fourth-order valence-corrected chi connectivity index (χ4v) is 6.88. The molecule has 0 saturated heterocycles. The standard InChI is InChI=1S/C35H36Cl3N3O4S/c1-4-25(3)39-35(43)33(19-26-9-6-5-7-10-26)40(22-27-15-16-29(37)21-32(27)38)34(42)23-41(30-12-8-11-28(36)20-30)46(44,45)31-17-13-24(2)14-18-31/h5-18,20-21,25,33H,4,19,22-23H2,1-3H3,(H,39,43)/t25-,33+/m0/s1. The molecular weight excluding hydrogens is 665 g/mol. The largest absolute Gasteiger partial charge is 0.352 e. The molecule has 4 rings (SSSR count). The fraction of sp³-hybridized carbons (Fsp3) is 0.257. The van der Waals surface area contributed by atoms with Crippen molar-refractivity contribution in [2.75, 3.05) is 10.8 Å². The van der Waals surface area contributed by atoms with Crippen LogP contribution in [-0.4, -0.2) is 43.8 Å². The van der Waals surface area contributed by atoms with Gasteiger partial charge in [-0.3, -0.25) is 13.9 Å². The highest BCUT2D eigenvalue weighted by Crippen LogP contribution is 2.28. The van der Waals surface area contributed by atoms with Crippen LogP contribution in [0.1, 0.15) is 37.0 Å². The van der Waals surface area contributed by atoms with Crippen LogP contribution >= 0.6 is 34.8 Å². The lowest BCUT2D eigenvalue weighted by atomic mass is 10.0. The van der Waals surface area contributed by atoms with Crippen LogP contribution in [0.5, 0.6) is 0 Å². The Balaban J connectivity index is 1.83. The number of nitrogens with one attached hydrogen (secondary N) is 1. The van der Waals surface area contributed by atoms with Gasteiger partial charge in [-0.05, 0) is 73.9 Å². The fourth-order valence-electron chi connectivity index (χ4n) is 4.83. The summed E-state index contributed by atoms with van der Waals surface area (Å²) in [5.74, 6) is -0.978. The van der Waals surface area contributed by atoms with E-state index in [-0.39, 0.29) is 35.5 Å². The van der Waals surface area contributed by atoms with Crippen molar-refractivity contribution in [2.45, 2.75) is 57.1 Å². The molecule has 7 nitrogen and oxygen atoms in total. The second kappa shape index (κ2) is 15.8. The SMILES string of the molecule is CC[C@H](C)NC(=O)[C@@H](Cc1ccccc1)N(Cc1ccc(Cl)cc1Cl)C(=O)CN(c1cccc(Cl)c1)S(=O)(=O)c1ccc(C)cc1. The number of halogens is 3. The maximum absolute atomic E-state index is 14.6. The molecule has 2 amide bonds. The summed E-state index contributed by atoms with van der Waals surface area (Å²) in [5, 5.41) is 4.04. The van der Waals surface area contributed by atoms with E-state index in [1.54, 1.807) is 48.5 Å². The maximum Gasteiger partial charge on any atom is 0.264 e. The molecule has 2 atom stereocenters. The summed E-state index contributed by atoms with van der Waals surface area (Å²) >= 11 is 19.0. The van der Waals surface area contributed by atoms with Gasteiger partial charge in [0, 0.05) is 34.1 Å². The molecule has 1 N–H and O–H groups in total. The van der Waals surface area contributed by atoms with Gasteiger partial charge in [-0.15, -0.1) is 0 Å². The van der Waals surface area contributed by atoms with E-state index in [2.05, 4.69) is 5.32 Å². The van der Waals surface area contributed by atoms with Gasteiger partial charge in [0.2, 0.25) is 11.8 Å². The Hall–Kier alpha value is -3.56. The van der Waals surface area contributed by atoms with E-state index >= 15 is 0 Å². The molecule has 242 valence electrons. The van der Waals surface area contributed by atoms with Crippen LogP contribution in [0.4, 0.5) is 5.69 Å². The van der Waals surface area contributed by atoms with Gasteiger partial charge >= 0.3 is 0 Å². The average Bonchev–Trinajstić information content (AvgIpc) is 3.02. The monoisotopic (exact) mass is 699 g/mol. The zero-order chi connectivity index (χ0) is 33.4. The molecule has 0 aliphatic heterocycles. The van der Waals surface area contributed by atoms with Crippen LogP contribution in [0.25, 0.3) is 0 Å². The van der Waals surface area contributed by atoms with Crippen molar-refractivity contribution in [3.63, 3.8) is 0 Å². The molecule has 0 heterocycles. The van der Waals surface area contributed by atoms with Gasteiger partial charge < -0.3 is 10.2 Å². The second-order valence-electron chi connectivity index (χ2n) is 11.1. The predicted molar refractivity (Wildman–Crippen MR) is 186 cm³/mol. The summed E-state index contributed by atoms with van der Waals surface area (Å²) in [4.78, 5) is 29.9. The topological polar surface area (TPSA) is 86.8 Å². The van der Waals surface area contributed by atoms with E-state index in [0.29, 0.717) is 27.1 Å². The van der Waals surface area contributed by atoms with Gasteiger partial charge in [-0.25, -0.2) is 8.42 Å². The van der Waals surface area contributed by atoms with Gasteiger partial charge in [0.25, 0.3) is 10.0 Å². The van der Waals surface area contributed by atoms with E-state index < -0.39 is 28.5 Å². The molecule has 0 fully saturated rings. The third kappa shape index (κ3) is 9.04. The summed E-state index contributed by atoms with van der Waals surface area (Å²) in [7, 11) is -4.25. The molecule has 0 radical (unpaired) electrons. The first kappa shape index (κ1) is 35.3. The molecule has 4 aromatic carbocycles. The van der Waals surface area contributed by atoms with Gasteiger partial charge in [-0.1, -0.05) is 102 Å². The van der Waals surface area contributed by atoms with Crippen molar-refractivity contribution in [1.29, 1.82) is 0 Å². The second-order valence-corrected chi connectivity index (χ2v) is 14.2. The number of sulfonamides is 1. The van der Waals surface area contributed by atoms with Crippen molar-refractivity contribution in [3.8, 4) is 0 Å². The lowest BCUT2D eigenvalue weighted by Gasteiger charge is -2.34. The summed E-state index contributed by atoms with van der Waals surface area (Å²) in [5.41, 5.74) is 2.45. The van der Waals surface area contributed by atoms with Crippen molar-refractivity contribution in [3.05, 3.63) is 129 Å². The number of carbonyl (C=O) groups is 2. The van der Waals surface area contributed by atoms with Crippen LogP contribution in [0.15, 0.2) is 102 Å². The molecular formula is C35H36Cl3N3O4S. The quantitative estimate of drug-likeness (QED) is 0.155. The Kier molecular flexibility index (Phi) is 12.1. The Morgan fingerprint density at radius 2 is 1.52 bits per heavy atom. The van der Waals surface area contributed by atoms with Crippen molar-refractivity contribution in [2.24, 2.45) is 0 Å². The van der Waals surface area contributed by atoms with Crippen molar-refractivity contribution < 1.29 is 18.0 Å². The zero-order valence-corrected chi connectivity index (χ0v) is 28.9. The Bertz CT molecular complexity index is 1770. The molecule has 0 spiro atoms. The van der Waals surface area contributed by atoms with E-state index in [9.17, 15) is 18.0 Å². The van der Waals surface area contributed by atoms with Crippen molar-refractivity contribution >= 4 is 62.3 Å². The molecule has 0 saturated carbocycles. The molecule has 0 aliphatic carbocycles. The number of amides is 2. The Morgan fingerprint density at radius 1 is 0.848 bits per heavy atom. The number of hydrogen-bond acceptors (Lipinski definition) is 4. The minimum absolute atomic E-state index is 0.00789. The molecule has 11 heteroatoms.